The Balaban J connectivity index is 1.45. The second-order valence-corrected chi connectivity index (χ2v) is 8.07. The molecule has 0 radical (unpaired) electrons. The predicted molar refractivity (Wildman–Crippen MR) is 112 cm³/mol. The van der Waals surface area contributed by atoms with Gasteiger partial charge < -0.3 is 10.2 Å². The number of hydrogen-bond acceptors (Lipinski definition) is 3. The molecule has 0 bridgehead atoms. The van der Waals surface area contributed by atoms with Crippen LogP contribution in [0.5, 0.6) is 0 Å². The summed E-state index contributed by atoms with van der Waals surface area (Å²) in [6.45, 7) is 2.94. The van der Waals surface area contributed by atoms with E-state index < -0.39 is 0 Å². The van der Waals surface area contributed by atoms with Gasteiger partial charge in [0.15, 0.2) is 0 Å². The van der Waals surface area contributed by atoms with E-state index in [1.807, 2.05) is 29.2 Å². The third-order valence-electron chi connectivity index (χ3n) is 4.89. The molecule has 2 aromatic carbocycles. The number of amides is 2. The fraction of sp³-hybridized carbons (Fsp3) is 0.364. The molecule has 1 aliphatic heterocycles. The monoisotopic (exact) mass is 400 g/mol. The number of likely N-dealkylation sites (tertiary alicyclic amines) is 1. The van der Waals surface area contributed by atoms with Crippen molar-refractivity contribution in [3.63, 3.8) is 0 Å². The first-order valence-electron chi connectivity index (χ1n) is 9.56. The van der Waals surface area contributed by atoms with Crippen molar-refractivity contribution >= 4 is 29.3 Å². The zero-order valence-corrected chi connectivity index (χ0v) is 16.8. The highest BCUT2D eigenvalue weighted by Gasteiger charge is 2.23. The van der Waals surface area contributed by atoms with Gasteiger partial charge in [-0.05, 0) is 68.1 Å². The first-order chi connectivity index (χ1) is 13.5. The summed E-state index contributed by atoms with van der Waals surface area (Å²) < 4.78 is 12.9. The lowest BCUT2D eigenvalue weighted by atomic mass is 10.0. The normalized spacial score (nSPS) is 16.6. The van der Waals surface area contributed by atoms with Crippen molar-refractivity contribution in [2.45, 2.75) is 38.0 Å². The summed E-state index contributed by atoms with van der Waals surface area (Å²) in [5.74, 6) is 0.644. The Bertz CT molecular complexity index is 808. The summed E-state index contributed by atoms with van der Waals surface area (Å²) in [6, 6.07) is 13.7. The van der Waals surface area contributed by atoms with Gasteiger partial charge in [0.05, 0.1) is 5.75 Å². The molecule has 148 valence electrons. The first kappa shape index (κ1) is 20.4. The van der Waals surface area contributed by atoms with E-state index in [9.17, 15) is 14.0 Å². The van der Waals surface area contributed by atoms with E-state index in [0.29, 0.717) is 23.2 Å². The molecule has 2 aromatic rings. The number of thioether (sulfide) groups is 1. The highest BCUT2D eigenvalue weighted by molar-refractivity contribution is 7.99. The topological polar surface area (TPSA) is 49.4 Å². The van der Waals surface area contributed by atoms with Crippen molar-refractivity contribution in [2.24, 2.45) is 0 Å². The molecule has 1 N–H and O–H groups in total. The zero-order valence-electron chi connectivity index (χ0n) is 16.0. The highest BCUT2D eigenvalue weighted by Crippen LogP contribution is 2.20. The van der Waals surface area contributed by atoms with Crippen LogP contribution in [0.25, 0.3) is 0 Å². The number of nitrogens with one attached hydrogen (secondary N) is 1. The Labute approximate surface area is 169 Å². The van der Waals surface area contributed by atoms with Crippen LogP contribution in [0.4, 0.5) is 10.1 Å². The van der Waals surface area contributed by atoms with Crippen molar-refractivity contribution in [2.75, 3.05) is 17.6 Å². The molecule has 0 aliphatic carbocycles. The number of carbonyl (C=O) groups is 2. The average Bonchev–Trinajstić information content (AvgIpc) is 2.70. The van der Waals surface area contributed by atoms with Gasteiger partial charge >= 0.3 is 0 Å². The van der Waals surface area contributed by atoms with Crippen molar-refractivity contribution in [1.29, 1.82) is 0 Å². The van der Waals surface area contributed by atoms with E-state index in [4.69, 9.17) is 0 Å². The number of halogens is 1. The SMILES string of the molecule is CC1CCCCN1C(=O)c1ccc(CSCC(=O)Nc2ccc(F)cc2)cc1. The summed E-state index contributed by atoms with van der Waals surface area (Å²) in [5, 5.41) is 2.74. The molecular formula is C22H25FN2O2S. The van der Waals surface area contributed by atoms with Gasteiger partial charge in [-0.3, -0.25) is 9.59 Å². The van der Waals surface area contributed by atoms with Crippen LogP contribution in [-0.4, -0.2) is 35.1 Å². The number of carbonyl (C=O) groups excluding carboxylic acids is 2. The minimum atomic E-state index is -0.330. The Kier molecular flexibility index (Phi) is 7.09. The molecule has 28 heavy (non-hydrogen) atoms. The van der Waals surface area contributed by atoms with E-state index in [0.717, 1.165) is 30.5 Å². The second-order valence-electron chi connectivity index (χ2n) is 7.09. The summed E-state index contributed by atoms with van der Waals surface area (Å²) >= 11 is 1.50. The number of nitrogens with zero attached hydrogens (tertiary/aromatic N) is 1. The van der Waals surface area contributed by atoms with E-state index in [1.165, 1.54) is 42.4 Å². The smallest absolute Gasteiger partial charge is 0.254 e. The predicted octanol–water partition coefficient (Wildman–Crippen LogP) is 4.71. The molecule has 0 saturated carbocycles. The standard InChI is InChI=1S/C22H25FN2O2S/c1-16-4-2-3-13-25(16)22(27)18-7-5-17(6-8-18)14-28-15-21(26)24-20-11-9-19(23)10-12-20/h5-12,16H,2-4,13-15H2,1H3,(H,24,26). The van der Waals surface area contributed by atoms with Gasteiger partial charge in [-0.15, -0.1) is 11.8 Å². The van der Waals surface area contributed by atoms with E-state index in [1.54, 1.807) is 0 Å². The van der Waals surface area contributed by atoms with Crippen molar-refractivity contribution < 1.29 is 14.0 Å². The Morgan fingerprint density at radius 3 is 2.50 bits per heavy atom. The van der Waals surface area contributed by atoms with Gasteiger partial charge in [0.25, 0.3) is 5.91 Å². The average molecular weight is 401 g/mol. The number of benzene rings is 2. The Hall–Kier alpha value is -2.34. The summed E-state index contributed by atoms with van der Waals surface area (Å²) in [7, 11) is 0. The van der Waals surface area contributed by atoms with E-state index in [2.05, 4.69) is 12.2 Å². The number of rotatable bonds is 6. The number of anilines is 1. The van der Waals surface area contributed by atoms with Crippen LogP contribution >= 0.6 is 11.8 Å². The van der Waals surface area contributed by atoms with Gasteiger partial charge in [-0.2, -0.15) is 0 Å². The van der Waals surface area contributed by atoms with Crippen LogP contribution in [0, 0.1) is 5.82 Å². The minimum absolute atomic E-state index is 0.102. The van der Waals surface area contributed by atoms with Gasteiger partial charge in [0, 0.05) is 29.6 Å². The maximum absolute atomic E-state index is 12.9. The van der Waals surface area contributed by atoms with Gasteiger partial charge in [0.1, 0.15) is 5.82 Å². The molecule has 3 rings (SSSR count). The summed E-state index contributed by atoms with van der Waals surface area (Å²) in [5.41, 5.74) is 2.38. The molecular weight excluding hydrogens is 375 g/mol. The molecule has 4 nitrogen and oxygen atoms in total. The molecule has 1 atom stereocenters. The maximum Gasteiger partial charge on any atom is 0.254 e. The lowest BCUT2D eigenvalue weighted by Crippen LogP contribution is -2.42. The van der Waals surface area contributed by atoms with Crippen LogP contribution in [0.3, 0.4) is 0 Å². The lowest BCUT2D eigenvalue weighted by molar-refractivity contribution is -0.113. The van der Waals surface area contributed by atoms with Crippen LogP contribution in [-0.2, 0) is 10.5 Å². The lowest BCUT2D eigenvalue weighted by Gasteiger charge is -2.33. The zero-order chi connectivity index (χ0) is 19.9. The Morgan fingerprint density at radius 1 is 1.11 bits per heavy atom. The van der Waals surface area contributed by atoms with Gasteiger partial charge in [-0.25, -0.2) is 4.39 Å². The van der Waals surface area contributed by atoms with Gasteiger partial charge in [-0.1, -0.05) is 12.1 Å². The largest absolute Gasteiger partial charge is 0.336 e. The quantitative estimate of drug-likeness (QED) is 0.764. The molecule has 2 amide bonds. The fourth-order valence-electron chi connectivity index (χ4n) is 3.30. The molecule has 0 aromatic heterocycles. The first-order valence-corrected chi connectivity index (χ1v) is 10.7. The van der Waals surface area contributed by atoms with E-state index >= 15 is 0 Å². The van der Waals surface area contributed by atoms with Crippen LogP contribution in [0.1, 0.15) is 42.1 Å². The molecule has 6 heteroatoms. The summed E-state index contributed by atoms with van der Waals surface area (Å²) in [6.07, 6.45) is 3.33. The molecule has 1 saturated heterocycles. The molecule has 1 fully saturated rings. The van der Waals surface area contributed by atoms with Gasteiger partial charge in [0.2, 0.25) is 5.91 Å². The van der Waals surface area contributed by atoms with E-state index in [-0.39, 0.29) is 17.6 Å². The van der Waals surface area contributed by atoms with Crippen LogP contribution in [0.2, 0.25) is 0 Å². The van der Waals surface area contributed by atoms with Crippen LogP contribution < -0.4 is 5.32 Å². The molecule has 0 spiro atoms. The van der Waals surface area contributed by atoms with Crippen LogP contribution in [0.15, 0.2) is 48.5 Å². The number of piperidine rings is 1. The summed E-state index contributed by atoms with van der Waals surface area (Å²) in [4.78, 5) is 26.6. The minimum Gasteiger partial charge on any atom is -0.336 e. The maximum atomic E-state index is 12.9. The molecule has 1 heterocycles. The Morgan fingerprint density at radius 2 is 1.82 bits per heavy atom. The van der Waals surface area contributed by atoms with Crippen molar-refractivity contribution in [1.82, 2.24) is 4.90 Å². The van der Waals surface area contributed by atoms with Crippen molar-refractivity contribution in [3.05, 3.63) is 65.5 Å². The fourth-order valence-corrected chi connectivity index (χ4v) is 4.09. The third kappa shape index (κ3) is 5.58. The molecule has 1 unspecified atom stereocenters. The third-order valence-corrected chi connectivity index (χ3v) is 5.90. The van der Waals surface area contributed by atoms with Crippen molar-refractivity contribution in [3.8, 4) is 0 Å². The second kappa shape index (κ2) is 9.73. The number of hydrogen-bond donors (Lipinski definition) is 1. The molecule has 1 aliphatic rings. The highest BCUT2D eigenvalue weighted by atomic mass is 32.2.